The van der Waals surface area contributed by atoms with E-state index in [0.29, 0.717) is 18.1 Å². The van der Waals surface area contributed by atoms with Crippen molar-refractivity contribution in [2.45, 2.75) is 50.7 Å². The lowest BCUT2D eigenvalue weighted by Crippen LogP contribution is -2.57. The Bertz CT molecular complexity index is 416. The summed E-state index contributed by atoms with van der Waals surface area (Å²) < 4.78 is 5.75. The number of ether oxygens (including phenoxy) is 1. The second kappa shape index (κ2) is 7.39. The van der Waals surface area contributed by atoms with E-state index in [-0.39, 0.29) is 0 Å². The molecular weight excluding hydrogens is 260 g/mol. The van der Waals surface area contributed by atoms with Gasteiger partial charge in [0.15, 0.2) is 0 Å². The van der Waals surface area contributed by atoms with E-state index in [0.717, 1.165) is 26.3 Å². The second-order valence-electron chi connectivity index (χ2n) is 6.39. The van der Waals surface area contributed by atoms with Crippen molar-refractivity contribution in [3.63, 3.8) is 0 Å². The van der Waals surface area contributed by atoms with Gasteiger partial charge in [-0.15, -0.1) is 0 Å². The van der Waals surface area contributed by atoms with Gasteiger partial charge in [-0.2, -0.15) is 0 Å². The third-order valence-electron chi connectivity index (χ3n) is 4.86. The number of piperazine rings is 1. The van der Waals surface area contributed by atoms with Crippen LogP contribution in [0.15, 0.2) is 30.3 Å². The fourth-order valence-corrected chi connectivity index (χ4v) is 3.76. The average molecular weight is 288 g/mol. The van der Waals surface area contributed by atoms with Crippen LogP contribution in [-0.2, 0) is 4.74 Å². The lowest BCUT2D eigenvalue weighted by atomic mass is 9.95. The van der Waals surface area contributed by atoms with E-state index >= 15 is 0 Å². The van der Waals surface area contributed by atoms with Crippen LogP contribution >= 0.6 is 0 Å². The van der Waals surface area contributed by atoms with Crippen LogP contribution in [0.4, 0.5) is 0 Å². The fraction of sp³-hybridized carbons (Fsp3) is 0.667. The van der Waals surface area contributed by atoms with Crippen molar-refractivity contribution in [3.8, 4) is 0 Å². The second-order valence-corrected chi connectivity index (χ2v) is 6.39. The molecule has 3 rings (SSSR count). The molecular formula is C18H28N2O. The quantitative estimate of drug-likeness (QED) is 0.922. The molecule has 2 saturated heterocycles. The maximum atomic E-state index is 5.75. The molecule has 0 aromatic heterocycles. The molecule has 21 heavy (non-hydrogen) atoms. The zero-order valence-electron chi connectivity index (χ0n) is 13.1. The molecule has 1 aromatic rings. The maximum absolute atomic E-state index is 5.75. The third kappa shape index (κ3) is 3.65. The predicted octanol–water partition coefficient (Wildman–Crippen LogP) is 2.98. The monoisotopic (exact) mass is 288 g/mol. The SMILES string of the molecule is CCCC1CN(C2CCCOC2)C(c2ccccc2)CN1. The minimum atomic E-state index is 0.492. The minimum Gasteiger partial charge on any atom is -0.380 e. The zero-order valence-corrected chi connectivity index (χ0v) is 13.1. The summed E-state index contributed by atoms with van der Waals surface area (Å²) >= 11 is 0. The van der Waals surface area contributed by atoms with Crippen LogP contribution in [0.25, 0.3) is 0 Å². The standard InChI is InChI=1S/C18H28N2O/c1-2-7-16-13-20(17-10-6-11-21-14-17)18(12-19-16)15-8-4-3-5-9-15/h3-5,8-9,16-19H,2,6-7,10-14H2,1H3. The summed E-state index contributed by atoms with van der Waals surface area (Å²) in [5, 5.41) is 3.76. The Kier molecular flexibility index (Phi) is 5.28. The van der Waals surface area contributed by atoms with Gasteiger partial charge in [0.1, 0.15) is 0 Å². The van der Waals surface area contributed by atoms with Gasteiger partial charge >= 0.3 is 0 Å². The average Bonchev–Trinajstić information content (AvgIpc) is 2.57. The van der Waals surface area contributed by atoms with Crippen molar-refractivity contribution < 1.29 is 4.74 Å². The van der Waals surface area contributed by atoms with Gasteiger partial charge in [0.25, 0.3) is 0 Å². The van der Waals surface area contributed by atoms with Crippen molar-refractivity contribution in [1.29, 1.82) is 0 Å². The summed E-state index contributed by atoms with van der Waals surface area (Å²) in [6, 6.07) is 12.7. The van der Waals surface area contributed by atoms with Crippen LogP contribution in [0.1, 0.15) is 44.2 Å². The van der Waals surface area contributed by atoms with E-state index in [1.54, 1.807) is 0 Å². The summed E-state index contributed by atoms with van der Waals surface area (Å²) in [4.78, 5) is 2.71. The molecule has 0 amide bonds. The molecule has 0 aliphatic carbocycles. The van der Waals surface area contributed by atoms with E-state index < -0.39 is 0 Å². The molecule has 3 atom stereocenters. The van der Waals surface area contributed by atoms with Gasteiger partial charge in [0.2, 0.25) is 0 Å². The highest BCUT2D eigenvalue weighted by atomic mass is 16.5. The number of hydrogen-bond donors (Lipinski definition) is 1. The molecule has 2 fully saturated rings. The van der Waals surface area contributed by atoms with Crippen LogP contribution in [0, 0.1) is 0 Å². The van der Waals surface area contributed by atoms with Gasteiger partial charge in [-0.25, -0.2) is 0 Å². The van der Waals surface area contributed by atoms with Gasteiger partial charge in [0.05, 0.1) is 6.61 Å². The summed E-state index contributed by atoms with van der Waals surface area (Å²) in [7, 11) is 0. The Morgan fingerprint density at radius 3 is 2.86 bits per heavy atom. The largest absolute Gasteiger partial charge is 0.380 e. The minimum absolute atomic E-state index is 0.492. The van der Waals surface area contributed by atoms with E-state index in [1.807, 2.05) is 0 Å². The molecule has 0 bridgehead atoms. The van der Waals surface area contributed by atoms with E-state index in [1.165, 1.54) is 31.2 Å². The molecule has 2 aliphatic heterocycles. The summed E-state index contributed by atoms with van der Waals surface area (Å²) in [5.74, 6) is 0. The molecule has 3 nitrogen and oxygen atoms in total. The first kappa shape index (κ1) is 15.0. The molecule has 3 heteroatoms. The summed E-state index contributed by atoms with van der Waals surface area (Å²) in [6.45, 7) is 6.34. The van der Waals surface area contributed by atoms with Crippen molar-refractivity contribution in [2.24, 2.45) is 0 Å². The fourth-order valence-electron chi connectivity index (χ4n) is 3.76. The molecule has 0 saturated carbocycles. The van der Waals surface area contributed by atoms with Crippen molar-refractivity contribution in [2.75, 3.05) is 26.3 Å². The topological polar surface area (TPSA) is 24.5 Å². The van der Waals surface area contributed by atoms with Gasteiger partial charge in [0, 0.05) is 37.8 Å². The van der Waals surface area contributed by atoms with Gasteiger partial charge in [-0.05, 0) is 24.8 Å². The van der Waals surface area contributed by atoms with Crippen molar-refractivity contribution in [3.05, 3.63) is 35.9 Å². The number of rotatable bonds is 4. The zero-order chi connectivity index (χ0) is 14.5. The van der Waals surface area contributed by atoms with E-state index in [9.17, 15) is 0 Å². The first-order valence-corrected chi connectivity index (χ1v) is 8.50. The van der Waals surface area contributed by atoms with Crippen LogP contribution in [-0.4, -0.2) is 43.3 Å². The first-order valence-electron chi connectivity index (χ1n) is 8.50. The Hall–Kier alpha value is -0.900. The van der Waals surface area contributed by atoms with E-state index in [2.05, 4.69) is 47.5 Å². The molecule has 1 N–H and O–H groups in total. The van der Waals surface area contributed by atoms with Crippen molar-refractivity contribution in [1.82, 2.24) is 10.2 Å². The van der Waals surface area contributed by atoms with Gasteiger partial charge in [-0.1, -0.05) is 43.7 Å². The number of benzene rings is 1. The first-order chi connectivity index (χ1) is 10.4. The van der Waals surface area contributed by atoms with Crippen molar-refractivity contribution >= 4 is 0 Å². The van der Waals surface area contributed by atoms with Gasteiger partial charge < -0.3 is 10.1 Å². The summed E-state index contributed by atoms with van der Waals surface area (Å²) in [5.41, 5.74) is 1.44. The third-order valence-corrected chi connectivity index (χ3v) is 4.86. The highest BCUT2D eigenvalue weighted by Crippen LogP contribution is 2.29. The lowest BCUT2D eigenvalue weighted by molar-refractivity contribution is -0.0167. The Labute approximate surface area is 128 Å². The van der Waals surface area contributed by atoms with Crippen LogP contribution in [0.5, 0.6) is 0 Å². The predicted molar refractivity (Wildman–Crippen MR) is 86.4 cm³/mol. The van der Waals surface area contributed by atoms with E-state index in [4.69, 9.17) is 4.74 Å². The Morgan fingerprint density at radius 1 is 1.29 bits per heavy atom. The Morgan fingerprint density at radius 2 is 2.14 bits per heavy atom. The smallest absolute Gasteiger partial charge is 0.0622 e. The molecule has 2 aliphatic rings. The number of hydrogen-bond acceptors (Lipinski definition) is 3. The number of nitrogens with zero attached hydrogens (tertiary/aromatic N) is 1. The maximum Gasteiger partial charge on any atom is 0.0622 e. The molecule has 0 radical (unpaired) electrons. The number of nitrogens with one attached hydrogen (secondary N) is 1. The molecule has 1 aromatic carbocycles. The Balaban J connectivity index is 1.76. The highest BCUT2D eigenvalue weighted by molar-refractivity contribution is 5.20. The molecule has 3 unspecified atom stereocenters. The summed E-state index contributed by atoms with van der Waals surface area (Å²) in [6.07, 6.45) is 5.00. The molecule has 116 valence electrons. The van der Waals surface area contributed by atoms with Crippen LogP contribution in [0.2, 0.25) is 0 Å². The molecule has 0 spiro atoms. The van der Waals surface area contributed by atoms with Crippen LogP contribution < -0.4 is 5.32 Å². The van der Waals surface area contributed by atoms with Gasteiger partial charge in [-0.3, -0.25) is 4.90 Å². The highest BCUT2D eigenvalue weighted by Gasteiger charge is 2.34. The lowest BCUT2D eigenvalue weighted by Gasteiger charge is -2.46. The normalized spacial score (nSPS) is 31.2. The van der Waals surface area contributed by atoms with Crippen LogP contribution in [0.3, 0.4) is 0 Å². The molecule has 2 heterocycles.